The highest BCUT2D eigenvalue weighted by atomic mass is 16.5. The van der Waals surface area contributed by atoms with Crippen molar-refractivity contribution < 1.29 is 13.9 Å². The summed E-state index contributed by atoms with van der Waals surface area (Å²) in [5.41, 5.74) is 1.29. The molecule has 4 nitrogen and oxygen atoms in total. The molecule has 0 saturated carbocycles. The lowest BCUT2D eigenvalue weighted by Crippen LogP contribution is -2.24. The third-order valence-electron chi connectivity index (χ3n) is 3.95. The van der Waals surface area contributed by atoms with Crippen LogP contribution in [0.5, 0.6) is 0 Å². The van der Waals surface area contributed by atoms with Crippen LogP contribution in [0.15, 0.2) is 70.1 Å². The zero-order chi connectivity index (χ0) is 17.8. The zero-order valence-corrected chi connectivity index (χ0v) is 14.3. The van der Waals surface area contributed by atoms with Gasteiger partial charge in [0.1, 0.15) is 11.5 Å². The van der Waals surface area contributed by atoms with E-state index in [1.807, 2.05) is 44.2 Å². The molecule has 0 N–H and O–H groups in total. The molecule has 3 rings (SSSR count). The van der Waals surface area contributed by atoms with Crippen LogP contribution in [-0.2, 0) is 9.53 Å². The lowest BCUT2D eigenvalue weighted by atomic mass is 9.91. The third kappa shape index (κ3) is 3.63. The van der Waals surface area contributed by atoms with Gasteiger partial charge in [0, 0.05) is 0 Å². The van der Waals surface area contributed by atoms with E-state index in [0.29, 0.717) is 28.7 Å². The molecule has 1 aromatic heterocycles. The summed E-state index contributed by atoms with van der Waals surface area (Å²) in [6.07, 6.45) is 1.37. The van der Waals surface area contributed by atoms with Crippen LogP contribution in [0.3, 0.4) is 0 Å². The summed E-state index contributed by atoms with van der Waals surface area (Å²) in [5, 5.41) is 0.456. The van der Waals surface area contributed by atoms with Crippen LogP contribution in [0, 0.1) is 5.92 Å². The molecule has 3 aromatic rings. The van der Waals surface area contributed by atoms with Crippen molar-refractivity contribution >= 4 is 16.9 Å². The molecule has 0 aliphatic carbocycles. The molecule has 0 aliphatic heterocycles. The summed E-state index contributed by atoms with van der Waals surface area (Å²) in [6, 6.07) is 16.2. The first kappa shape index (κ1) is 17.0. The first-order valence-electron chi connectivity index (χ1n) is 8.30. The predicted molar refractivity (Wildman–Crippen MR) is 96.6 cm³/mol. The van der Waals surface area contributed by atoms with Gasteiger partial charge in [0.15, 0.2) is 5.43 Å². The lowest BCUT2D eigenvalue weighted by molar-refractivity contribution is -0.145. The van der Waals surface area contributed by atoms with E-state index >= 15 is 0 Å². The van der Waals surface area contributed by atoms with Crippen molar-refractivity contribution in [2.24, 2.45) is 5.92 Å². The molecule has 1 atom stereocenters. The fourth-order valence-corrected chi connectivity index (χ4v) is 2.71. The molecule has 25 heavy (non-hydrogen) atoms. The summed E-state index contributed by atoms with van der Waals surface area (Å²) in [5.74, 6) is -1.03. The third-order valence-corrected chi connectivity index (χ3v) is 3.95. The van der Waals surface area contributed by atoms with Gasteiger partial charge in [-0.05, 0) is 23.6 Å². The minimum Gasteiger partial charge on any atom is -0.465 e. The molecule has 0 fully saturated rings. The van der Waals surface area contributed by atoms with Crippen molar-refractivity contribution in [3.05, 3.63) is 82.2 Å². The van der Waals surface area contributed by atoms with Crippen molar-refractivity contribution in [3.8, 4) is 0 Å². The van der Waals surface area contributed by atoms with Gasteiger partial charge in [-0.25, -0.2) is 0 Å². The fourth-order valence-electron chi connectivity index (χ4n) is 2.71. The Labute approximate surface area is 146 Å². The summed E-state index contributed by atoms with van der Waals surface area (Å²) >= 11 is 0. The van der Waals surface area contributed by atoms with Gasteiger partial charge in [-0.1, -0.05) is 56.3 Å². The van der Waals surface area contributed by atoms with Crippen molar-refractivity contribution in [1.29, 1.82) is 0 Å². The monoisotopic (exact) mass is 336 g/mol. The number of para-hydroxylation sites is 1. The van der Waals surface area contributed by atoms with E-state index in [2.05, 4.69) is 0 Å². The van der Waals surface area contributed by atoms with E-state index in [1.165, 1.54) is 6.26 Å². The number of rotatable bonds is 5. The lowest BCUT2D eigenvalue weighted by Gasteiger charge is -2.17. The molecular formula is C21H20O4. The smallest absolute Gasteiger partial charge is 0.318 e. The molecule has 4 heteroatoms. The Balaban J connectivity index is 2.10. The Bertz CT molecular complexity index is 925. The van der Waals surface area contributed by atoms with Gasteiger partial charge in [0.2, 0.25) is 0 Å². The molecular weight excluding hydrogens is 316 g/mol. The maximum atomic E-state index is 12.9. The Morgan fingerprint density at radius 1 is 1.04 bits per heavy atom. The minimum atomic E-state index is -0.805. The first-order chi connectivity index (χ1) is 12.1. The first-order valence-corrected chi connectivity index (χ1v) is 8.30. The molecule has 0 radical (unpaired) electrons. The van der Waals surface area contributed by atoms with E-state index in [0.717, 1.165) is 0 Å². The van der Waals surface area contributed by atoms with Crippen molar-refractivity contribution in [1.82, 2.24) is 0 Å². The van der Waals surface area contributed by atoms with Gasteiger partial charge >= 0.3 is 5.97 Å². The molecule has 1 unspecified atom stereocenters. The summed E-state index contributed by atoms with van der Waals surface area (Å²) in [6.45, 7) is 4.24. The second kappa shape index (κ2) is 7.34. The van der Waals surface area contributed by atoms with Crippen LogP contribution in [0.1, 0.15) is 30.9 Å². The minimum absolute atomic E-state index is 0.211. The fraction of sp³-hybridized carbons (Fsp3) is 0.238. The molecule has 1 heterocycles. The SMILES string of the molecule is CC(C)COC(=O)C(c1ccccc1)c1coc2ccccc2c1=O. The number of hydrogen-bond acceptors (Lipinski definition) is 4. The second-order valence-corrected chi connectivity index (χ2v) is 6.38. The summed E-state index contributed by atoms with van der Waals surface area (Å²) in [7, 11) is 0. The highest BCUT2D eigenvalue weighted by Crippen LogP contribution is 2.26. The van der Waals surface area contributed by atoms with Gasteiger partial charge in [-0.3, -0.25) is 9.59 Å². The zero-order valence-electron chi connectivity index (χ0n) is 14.3. The van der Waals surface area contributed by atoms with Crippen LogP contribution in [-0.4, -0.2) is 12.6 Å². The van der Waals surface area contributed by atoms with Gasteiger partial charge < -0.3 is 9.15 Å². The molecule has 0 aliphatic rings. The molecule has 0 saturated heterocycles. The van der Waals surface area contributed by atoms with Crippen LogP contribution in [0.4, 0.5) is 0 Å². The Hall–Kier alpha value is -2.88. The van der Waals surface area contributed by atoms with Crippen molar-refractivity contribution in [2.45, 2.75) is 19.8 Å². The number of fused-ring (bicyclic) bond motifs is 1. The van der Waals surface area contributed by atoms with Gasteiger partial charge in [-0.15, -0.1) is 0 Å². The second-order valence-electron chi connectivity index (χ2n) is 6.38. The summed E-state index contributed by atoms with van der Waals surface area (Å²) in [4.78, 5) is 25.7. The predicted octanol–water partition coefficient (Wildman–Crippen LogP) is 4.12. The Kier molecular flexibility index (Phi) is 4.98. The molecule has 2 aromatic carbocycles. The number of ether oxygens (including phenoxy) is 1. The molecule has 0 spiro atoms. The molecule has 128 valence electrons. The highest BCUT2D eigenvalue weighted by molar-refractivity contribution is 5.84. The Morgan fingerprint density at radius 2 is 1.72 bits per heavy atom. The maximum Gasteiger partial charge on any atom is 0.318 e. The summed E-state index contributed by atoms with van der Waals surface area (Å²) < 4.78 is 11.0. The van der Waals surface area contributed by atoms with E-state index in [-0.39, 0.29) is 11.3 Å². The number of carbonyl (C=O) groups excluding carboxylic acids is 1. The average molecular weight is 336 g/mol. The number of esters is 1. The van der Waals surface area contributed by atoms with Gasteiger partial charge in [0.25, 0.3) is 0 Å². The quantitative estimate of drug-likeness (QED) is 0.658. The van der Waals surface area contributed by atoms with E-state index in [4.69, 9.17) is 9.15 Å². The van der Waals surface area contributed by atoms with Crippen molar-refractivity contribution in [2.75, 3.05) is 6.61 Å². The number of hydrogen-bond donors (Lipinski definition) is 0. The van der Waals surface area contributed by atoms with Crippen molar-refractivity contribution in [3.63, 3.8) is 0 Å². The molecule has 0 amide bonds. The topological polar surface area (TPSA) is 56.5 Å². The van der Waals surface area contributed by atoms with Crippen LogP contribution in [0.2, 0.25) is 0 Å². The largest absolute Gasteiger partial charge is 0.465 e. The average Bonchev–Trinajstić information content (AvgIpc) is 2.63. The van der Waals surface area contributed by atoms with E-state index in [9.17, 15) is 9.59 Å². The standard InChI is InChI=1S/C21H20O4/c1-14(2)12-25-21(23)19(15-8-4-3-5-9-15)17-13-24-18-11-7-6-10-16(18)20(17)22/h3-11,13-14,19H,12H2,1-2H3. The normalized spacial score (nSPS) is 12.3. The van der Waals surface area contributed by atoms with Crippen LogP contribution in [0.25, 0.3) is 11.0 Å². The number of benzene rings is 2. The van der Waals surface area contributed by atoms with E-state index < -0.39 is 11.9 Å². The number of carbonyl (C=O) groups is 1. The maximum absolute atomic E-state index is 12.9. The van der Waals surface area contributed by atoms with Gasteiger partial charge in [0.05, 0.1) is 23.8 Å². The van der Waals surface area contributed by atoms with Crippen LogP contribution < -0.4 is 5.43 Å². The highest BCUT2D eigenvalue weighted by Gasteiger charge is 2.28. The van der Waals surface area contributed by atoms with E-state index in [1.54, 1.807) is 24.3 Å². The Morgan fingerprint density at radius 3 is 2.44 bits per heavy atom. The van der Waals surface area contributed by atoms with Crippen LogP contribution >= 0.6 is 0 Å². The molecule has 0 bridgehead atoms. The van der Waals surface area contributed by atoms with Gasteiger partial charge in [-0.2, -0.15) is 0 Å².